The summed E-state index contributed by atoms with van der Waals surface area (Å²) in [6.07, 6.45) is 0.761. The van der Waals surface area contributed by atoms with Crippen LogP contribution in [0.4, 0.5) is 5.00 Å². The van der Waals surface area contributed by atoms with Crippen LogP contribution in [0.25, 0.3) is 0 Å². The molecule has 1 aromatic heterocycles. The molecule has 0 radical (unpaired) electrons. The summed E-state index contributed by atoms with van der Waals surface area (Å²) in [6.45, 7) is 3.98. The third-order valence-electron chi connectivity index (χ3n) is 3.11. The number of nitrogens with one attached hydrogen (secondary N) is 1. The van der Waals surface area contributed by atoms with Gasteiger partial charge < -0.3 is 10.1 Å². The number of hydrogen-bond donors (Lipinski definition) is 1. The van der Waals surface area contributed by atoms with Gasteiger partial charge in [-0.3, -0.25) is 4.79 Å². The second-order valence-corrected chi connectivity index (χ2v) is 5.81. The third-order valence-corrected chi connectivity index (χ3v) is 4.30. The van der Waals surface area contributed by atoms with E-state index in [4.69, 9.17) is 10.00 Å². The predicted octanol–water partition coefficient (Wildman–Crippen LogP) is 3.61. The van der Waals surface area contributed by atoms with Crippen LogP contribution in [-0.4, -0.2) is 18.5 Å². The van der Waals surface area contributed by atoms with Crippen LogP contribution < -0.4 is 5.32 Å². The number of nitrogens with zero attached hydrogens (tertiary/aromatic N) is 1. The van der Waals surface area contributed by atoms with E-state index in [0.717, 1.165) is 11.3 Å². The Bertz CT molecular complexity index is 774. The number of hydrogen-bond acceptors (Lipinski definition) is 5. The Hall–Kier alpha value is -2.65. The minimum absolute atomic E-state index is 0.272. The predicted molar refractivity (Wildman–Crippen MR) is 88.8 cm³/mol. The first-order valence-corrected chi connectivity index (χ1v) is 8.02. The topological polar surface area (TPSA) is 79.2 Å². The van der Waals surface area contributed by atoms with Crippen LogP contribution in [0.5, 0.6) is 0 Å². The van der Waals surface area contributed by atoms with Crippen molar-refractivity contribution < 1.29 is 14.3 Å². The van der Waals surface area contributed by atoms with Crippen molar-refractivity contribution >= 4 is 28.2 Å². The lowest BCUT2D eigenvalue weighted by molar-refractivity contribution is 0.0528. The average Bonchev–Trinajstić information content (AvgIpc) is 2.98. The average molecular weight is 328 g/mol. The van der Waals surface area contributed by atoms with E-state index >= 15 is 0 Å². The molecule has 1 aromatic carbocycles. The van der Waals surface area contributed by atoms with Gasteiger partial charge in [0.25, 0.3) is 5.91 Å². The highest BCUT2D eigenvalue weighted by molar-refractivity contribution is 7.16. The Kier molecular flexibility index (Phi) is 5.50. The molecular formula is C17H16N2O3S. The van der Waals surface area contributed by atoms with E-state index in [-0.39, 0.29) is 12.5 Å². The summed E-state index contributed by atoms with van der Waals surface area (Å²) in [5.74, 6) is -0.818. The van der Waals surface area contributed by atoms with Crippen LogP contribution in [0, 0.1) is 11.3 Å². The zero-order chi connectivity index (χ0) is 16.8. The van der Waals surface area contributed by atoms with Gasteiger partial charge in [-0.05, 0) is 37.6 Å². The van der Waals surface area contributed by atoms with E-state index in [2.05, 4.69) is 5.32 Å². The highest BCUT2D eigenvalue weighted by Gasteiger charge is 2.19. The maximum Gasteiger partial charge on any atom is 0.341 e. The van der Waals surface area contributed by atoms with Gasteiger partial charge in [-0.2, -0.15) is 5.26 Å². The van der Waals surface area contributed by atoms with Gasteiger partial charge in [-0.25, -0.2) is 4.79 Å². The number of thiophene rings is 1. The molecule has 1 amide bonds. The Morgan fingerprint density at radius 3 is 2.74 bits per heavy atom. The number of carbonyl (C=O) groups excluding carboxylic acids is 2. The molecule has 0 spiro atoms. The lowest BCUT2D eigenvalue weighted by Gasteiger charge is -2.06. The number of nitriles is 1. The van der Waals surface area contributed by atoms with Gasteiger partial charge in [-0.1, -0.05) is 13.0 Å². The summed E-state index contributed by atoms with van der Waals surface area (Å²) in [4.78, 5) is 25.3. The summed E-state index contributed by atoms with van der Waals surface area (Å²) in [7, 11) is 0. The quantitative estimate of drug-likeness (QED) is 0.850. The van der Waals surface area contributed by atoms with Crippen LogP contribution in [0.15, 0.2) is 30.3 Å². The summed E-state index contributed by atoms with van der Waals surface area (Å²) in [5.41, 5.74) is 1.13. The van der Waals surface area contributed by atoms with Crippen molar-refractivity contribution in [3.05, 3.63) is 51.9 Å². The van der Waals surface area contributed by atoms with Crippen LogP contribution >= 0.6 is 11.3 Å². The molecule has 118 valence electrons. The standard InChI is InChI=1S/C17H16N2O3S/c1-3-13-9-14(17(21)22-4-2)16(23-13)19-15(20)12-7-5-6-11(8-12)10-18/h5-9H,3-4H2,1-2H3,(H,19,20). The van der Waals surface area contributed by atoms with Gasteiger partial charge in [-0.15, -0.1) is 11.3 Å². The zero-order valence-corrected chi connectivity index (χ0v) is 13.7. The van der Waals surface area contributed by atoms with Crippen molar-refractivity contribution in [1.82, 2.24) is 0 Å². The Morgan fingerprint density at radius 1 is 1.30 bits per heavy atom. The first kappa shape index (κ1) is 16.7. The summed E-state index contributed by atoms with van der Waals surface area (Å²) in [6, 6.07) is 10.1. The van der Waals surface area contributed by atoms with Crippen molar-refractivity contribution in [3.8, 4) is 6.07 Å². The van der Waals surface area contributed by atoms with Crippen LogP contribution in [0.1, 0.15) is 45.0 Å². The van der Waals surface area contributed by atoms with Gasteiger partial charge in [0, 0.05) is 10.4 Å². The van der Waals surface area contributed by atoms with Crippen LogP contribution in [-0.2, 0) is 11.2 Å². The Morgan fingerprint density at radius 2 is 2.09 bits per heavy atom. The number of carbonyl (C=O) groups is 2. The van der Waals surface area contributed by atoms with Gasteiger partial charge >= 0.3 is 5.97 Å². The summed E-state index contributed by atoms with van der Waals surface area (Å²) in [5, 5.41) is 12.1. The molecule has 0 bridgehead atoms. The molecule has 2 rings (SSSR count). The molecule has 0 fully saturated rings. The molecule has 0 aliphatic rings. The highest BCUT2D eigenvalue weighted by Crippen LogP contribution is 2.29. The monoisotopic (exact) mass is 328 g/mol. The number of benzene rings is 1. The van der Waals surface area contributed by atoms with Crippen LogP contribution in [0.2, 0.25) is 0 Å². The van der Waals surface area contributed by atoms with E-state index in [0.29, 0.717) is 21.7 Å². The second kappa shape index (κ2) is 7.56. The molecule has 1 heterocycles. The molecule has 0 saturated heterocycles. The molecular weight excluding hydrogens is 312 g/mol. The number of anilines is 1. The Balaban J connectivity index is 2.28. The molecule has 5 nitrogen and oxygen atoms in total. The molecule has 1 N–H and O–H groups in total. The summed E-state index contributed by atoms with van der Waals surface area (Å²) >= 11 is 1.35. The maximum atomic E-state index is 12.3. The lowest BCUT2D eigenvalue weighted by Crippen LogP contribution is -2.14. The molecule has 0 atom stereocenters. The molecule has 6 heteroatoms. The number of rotatable bonds is 5. The van der Waals surface area contributed by atoms with Crippen molar-refractivity contribution in [2.75, 3.05) is 11.9 Å². The fourth-order valence-corrected chi connectivity index (χ4v) is 2.95. The fourth-order valence-electron chi connectivity index (χ4n) is 1.97. The van der Waals surface area contributed by atoms with Gasteiger partial charge in [0.2, 0.25) is 0 Å². The van der Waals surface area contributed by atoms with Gasteiger partial charge in [0.05, 0.1) is 23.8 Å². The third kappa shape index (κ3) is 3.96. The van der Waals surface area contributed by atoms with Gasteiger partial charge in [0.1, 0.15) is 5.00 Å². The lowest BCUT2D eigenvalue weighted by atomic mass is 10.1. The normalized spacial score (nSPS) is 9.96. The molecule has 0 aliphatic heterocycles. The van der Waals surface area contributed by atoms with E-state index in [1.54, 1.807) is 31.2 Å². The number of amides is 1. The number of aryl methyl sites for hydroxylation is 1. The molecule has 0 unspecified atom stereocenters. The van der Waals surface area contributed by atoms with E-state index in [9.17, 15) is 9.59 Å². The van der Waals surface area contributed by atoms with Crippen LogP contribution in [0.3, 0.4) is 0 Å². The SMILES string of the molecule is CCOC(=O)c1cc(CC)sc1NC(=O)c1cccc(C#N)c1. The fraction of sp³-hybridized carbons (Fsp3) is 0.235. The first-order chi connectivity index (χ1) is 11.1. The van der Waals surface area contributed by atoms with E-state index in [1.165, 1.54) is 17.4 Å². The van der Waals surface area contributed by atoms with Crippen molar-refractivity contribution in [3.63, 3.8) is 0 Å². The van der Waals surface area contributed by atoms with Crippen molar-refractivity contribution in [2.24, 2.45) is 0 Å². The molecule has 2 aromatic rings. The van der Waals surface area contributed by atoms with E-state index in [1.807, 2.05) is 13.0 Å². The molecule has 23 heavy (non-hydrogen) atoms. The van der Waals surface area contributed by atoms with Gasteiger partial charge in [0.15, 0.2) is 0 Å². The largest absolute Gasteiger partial charge is 0.462 e. The Labute approximate surface area is 138 Å². The maximum absolute atomic E-state index is 12.3. The second-order valence-electron chi connectivity index (χ2n) is 4.68. The smallest absolute Gasteiger partial charge is 0.341 e. The molecule has 0 aliphatic carbocycles. The highest BCUT2D eigenvalue weighted by atomic mass is 32.1. The van der Waals surface area contributed by atoms with Crippen molar-refractivity contribution in [1.29, 1.82) is 5.26 Å². The van der Waals surface area contributed by atoms with Crippen molar-refractivity contribution in [2.45, 2.75) is 20.3 Å². The number of ether oxygens (including phenoxy) is 1. The zero-order valence-electron chi connectivity index (χ0n) is 12.9. The number of esters is 1. The minimum Gasteiger partial charge on any atom is -0.462 e. The minimum atomic E-state index is -0.454. The molecule has 0 saturated carbocycles. The summed E-state index contributed by atoms with van der Waals surface area (Å²) < 4.78 is 5.02. The first-order valence-electron chi connectivity index (χ1n) is 7.20. The van der Waals surface area contributed by atoms with E-state index < -0.39 is 5.97 Å².